The van der Waals surface area contributed by atoms with Gasteiger partial charge < -0.3 is 8.98 Å². The monoisotopic (exact) mass is 868 g/mol. The van der Waals surface area contributed by atoms with Gasteiger partial charge in [-0.25, -0.2) is 15.0 Å². The molecule has 0 aliphatic heterocycles. The van der Waals surface area contributed by atoms with Crippen LogP contribution in [0.4, 0.5) is 0 Å². The van der Waals surface area contributed by atoms with Crippen LogP contribution in [0.1, 0.15) is 0 Å². The van der Waals surface area contributed by atoms with Gasteiger partial charge in [-0.05, 0) is 99.1 Å². The molecule has 318 valence electrons. The highest BCUT2D eigenvalue weighted by Gasteiger charge is 2.21. The highest BCUT2D eigenvalue weighted by Crippen LogP contribution is 2.41. The molecule has 0 saturated carbocycles. The lowest BCUT2D eigenvalue weighted by atomic mass is 9.94. The van der Waals surface area contributed by atoms with Crippen molar-refractivity contribution in [2.24, 2.45) is 0 Å². The first-order valence-corrected chi connectivity index (χ1v) is 22.9. The predicted octanol–water partition coefficient (Wildman–Crippen LogP) is 16.5. The fourth-order valence-corrected chi connectivity index (χ4v) is 9.85. The first-order valence-electron chi connectivity index (χ1n) is 22.9. The van der Waals surface area contributed by atoms with Crippen molar-refractivity contribution in [2.45, 2.75) is 0 Å². The van der Waals surface area contributed by atoms with Crippen molar-refractivity contribution in [3.05, 3.63) is 243 Å². The molecule has 0 saturated heterocycles. The van der Waals surface area contributed by atoms with Gasteiger partial charge >= 0.3 is 0 Å². The maximum atomic E-state index is 6.65. The maximum absolute atomic E-state index is 6.65. The summed E-state index contributed by atoms with van der Waals surface area (Å²) in [5.41, 5.74) is 16.7. The highest BCUT2D eigenvalue weighted by molar-refractivity contribution is 6.14. The van der Waals surface area contributed by atoms with Gasteiger partial charge in [-0.15, -0.1) is 0 Å². The average Bonchev–Trinajstić information content (AvgIpc) is 3.97. The molecule has 5 nitrogen and oxygen atoms in total. The third-order valence-corrected chi connectivity index (χ3v) is 13.1. The zero-order valence-corrected chi connectivity index (χ0v) is 36.8. The third kappa shape index (κ3) is 6.84. The van der Waals surface area contributed by atoms with Crippen LogP contribution in [0.5, 0.6) is 0 Å². The highest BCUT2D eigenvalue weighted by atomic mass is 16.3. The van der Waals surface area contributed by atoms with Crippen molar-refractivity contribution in [3.63, 3.8) is 0 Å². The van der Waals surface area contributed by atoms with E-state index >= 15 is 0 Å². The van der Waals surface area contributed by atoms with Crippen molar-refractivity contribution in [3.8, 4) is 84.4 Å². The van der Waals surface area contributed by atoms with Crippen LogP contribution in [0.15, 0.2) is 247 Å². The number of benzene rings is 10. The van der Waals surface area contributed by atoms with Crippen LogP contribution >= 0.6 is 0 Å². The van der Waals surface area contributed by atoms with E-state index in [0.29, 0.717) is 17.5 Å². The average molecular weight is 869 g/mol. The third-order valence-electron chi connectivity index (χ3n) is 13.1. The normalized spacial score (nSPS) is 11.5. The Bertz CT molecular complexity index is 3920. The molecule has 0 unspecified atom stereocenters. The Kier molecular flexibility index (Phi) is 9.43. The second kappa shape index (κ2) is 16.4. The van der Waals surface area contributed by atoms with E-state index in [0.717, 1.165) is 77.6 Å². The van der Waals surface area contributed by atoms with Crippen LogP contribution in [-0.4, -0.2) is 19.5 Å². The molecule has 0 atom stereocenters. The quantitative estimate of drug-likeness (QED) is 0.153. The molecule has 0 aliphatic rings. The smallest absolute Gasteiger partial charge is 0.164 e. The summed E-state index contributed by atoms with van der Waals surface area (Å²) in [4.78, 5) is 15.8. The zero-order valence-electron chi connectivity index (χ0n) is 36.8. The Morgan fingerprint density at radius 1 is 0.279 bits per heavy atom. The van der Waals surface area contributed by atoms with E-state index in [1.54, 1.807) is 0 Å². The molecule has 13 aromatic rings. The van der Waals surface area contributed by atoms with Crippen LogP contribution in [0.2, 0.25) is 0 Å². The van der Waals surface area contributed by atoms with E-state index in [2.05, 4.69) is 223 Å². The summed E-state index contributed by atoms with van der Waals surface area (Å²) in [6.45, 7) is 0. The molecular weight excluding hydrogens is 829 g/mol. The number of hydrogen-bond acceptors (Lipinski definition) is 4. The Morgan fingerprint density at radius 3 is 1.47 bits per heavy atom. The number of fused-ring (bicyclic) bond motifs is 6. The van der Waals surface area contributed by atoms with E-state index in [9.17, 15) is 0 Å². The lowest BCUT2D eigenvalue weighted by Crippen LogP contribution is -2.01. The lowest BCUT2D eigenvalue weighted by Gasteiger charge is -2.12. The minimum Gasteiger partial charge on any atom is -0.456 e. The van der Waals surface area contributed by atoms with Crippen molar-refractivity contribution < 1.29 is 4.42 Å². The van der Waals surface area contributed by atoms with E-state index in [-0.39, 0.29) is 0 Å². The van der Waals surface area contributed by atoms with Crippen molar-refractivity contribution in [1.29, 1.82) is 0 Å². The van der Waals surface area contributed by atoms with Crippen molar-refractivity contribution in [2.75, 3.05) is 0 Å². The number of nitrogens with zero attached hydrogens (tertiary/aromatic N) is 4. The van der Waals surface area contributed by atoms with Crippen molar-refractivity contribution in [1.82, 2.24) is 19.5 Å². The fraction of sp³-hybridized carbons (Fsp3) is 0. The molecular formula is C63H40N4O. The molecule has 13 rings (SSSR count). The van der Waals surface area contributed by atoms with Gasteiger partial charge in [0.05, 0.1) is 11.0 Å². The summed E-state index contributed by atoms with van der Waals surface area (Å²) in [6.07, 6.45) is 0. The summed E-state index contributed by atoms with van der Waals surface area (Å²) in [5, 5.41) is 4.31. The molecule has 0 radical (unpaired) electrons. The SMILES string of the molecule is c1ccc(-c2cccc(-c3nc(-c4cccc(-c5ccccc5)c4)nc(-c4cccc5oc6ccc(-n7c8ccccc8c8cc(-c9ccccc9-c9ccccc9)ccc87)cc6c45)n3)c2)cc1. The van der Waals surface area contributed by atoms with Gasteiger partial charge in [-0.2, -0.15) is 0 Å². The van der Waals surface area contributed by atoms with E-state index in [1.807, 2.05) is 24.3 Å². The van der Waals surface area contributed by atoms with Gasteiger partial charge in [0.15, 0.2) is 17.5 Å². The number of hydrogen-bond donors (Lipinski definition) is 0. The van der Waals surface area contributed by atoms with E-state index in [4.69, 9.17) is 19.4 Å². The first kappa shape index (κ1) is 39.2. The number of aromatic nitrogens is 4. The lowest BCUT2D eigenvalue weighted by molar-refractivity contribution is 0.669. The van der Waals surface area contributed by atoms with Gasteiger partial charge in [0, 0.05) is 43.9 Å². The summed E-state index contributed by atoms with van der Waals surface area (Å²) in [5.74, 6) is 1.75. The summed E-state index contributed by atoms with van der Waals surface area (Å²) >= 11 is 0. The minimum absolute atomic E-state index is 0.569. The molecule has 0 amide bonds. The summed E-state index contributed by atoms with van der Waals surface area (Å²) in [7, 11) is 0. The molecule has 3 heterocycles. The standard InChI is InChI=1S/C63H40N4O/c1-4-17-41(18-5-1)44-23-14-25-47(37-44)61-64-62(48-26-15-24-45(38-48)42-19-6-2-7-20-42)66-63(65-61)53-30-16-32-59-60(53)55-40-49(34-36-58(55)68-59)67-56-31-13-12-29-52(56)54-39-46(33-35-57(54)67)51-28-11-10-27-50(51)43-21-8-3-9-22-43/h1-40H. The van der Waals surface area contributed by atoms with Crippen LogP contribution in [0.25, 0.3) is 128 Å². The minimum atomic E-state index is 0.569. The van der Waals surface area contributed by atoms with Crippen LogP contribution in [0, 0.1) is 0 Å². The van der Waals surface area contributed by atoms with Crippen molar-refractivity contribution >= 4 is 43.7 Å². The van der Waals surface area contributed by atoms with Gasteiger partial charge in [0.1, 0.15) is 11.2 Å². The second-order valence-electron chi connectivity index (χ2n) is 17.2. The van der Waals surface area contributed by atoms with Crippen LogP contribution in [0.3, 0.4) is 0 Å². The number of para-hydroxylation sites is 1. The maximum Gasteiger partial charge on any atom is 0.164 e. The van der Waals surface area contributed by atoms with Crippen LogP contribution in [-0.2, 0) is 0 Å². The molecule has 3 aromatic heterocycles. The molecule has 68 heavy (non-hydrogen) atoms. The number of furan rings is 1. The van der Waals surface area contributed by atoms with Gasteiger partial charge in [0.2, 0.25) is 0 Å². The largest absolute Gasteiger partial charge is 0.456 e. The Hall–Kier alpha value is -9.19. The molecule has 5 heteroatoms. The van der Waals surface area contributed by atoms with E-state index < -0.39 is 0 Å². The number of rotatable bonds is 8. The molecule has 0 N–H and O–H groups in total. The topological polar surface area (TPSA) is 56.7 Å². The summed E-state index contributed by atoms with van der Waals surface area (Å²) in [6, 6.07) is 85.2. The first-order chi connectivity index (χ1) is 33.7. The van der Waals surface area contributed by atoms with Gasteiger partial charge in [0.25, 0.3) is 0 Å². The Labute approximate surface area is 392 Å². The molecule has 10 aromatic carbocycles. The zero-order chi connectivity index (χ0) is 45.0. The fourth-order valence-electron chi connectivity index (χ4n) is 9.85. The van der Waals surface area contributed by atoms with E-state index in [1.165, 1.54) is 33.0 Å². The summed E-state index contributed by atoms with van der Waals surface area (Å²) < 4.78 is 9.03. The van der Waals surface area contributed by atoms with Gasteiger partial charge in [-0.3, -0.25) is 0 Å². The van der Waals surface area contributed by atoms with Crippen LogP contribution < -0.4 is 0 Å². The molecule has 0 aliphatic carbocycles. The Balaban J connectivity index is 0.985. The molecule has 0 fully saturated rings. The van der Waals surface area contributed by atoms with Gasteiger partial charge in [-0.1, -0.05) is 188 Å². The second-order valence-corrected chi connectivity index (χ2v) is 17.2. The molecule has 0 spiro atoms. The molecule has 0 bridgehead atoms. The predicted molar refractivity (Wildman–Crippen MR) is 279 cm³/mol. The Morgan fingerprint density at radius 2 is 0.794 bits per heavy atom.